The number of pyridine rings is 1. The average Bonchev–Trinajstić information content (AvgIpc) is 3.58. The van der Waals surface area contributed by atoms with Crippen LogP contribution in [-0.4, -0.2) is 39.9 Å². The Morgan fingerprint density at radius 1 is 1.03 bits per heavy atom. The highest BCUT2D eigenvalue weighted by Gasteiger charge is 2.32. The summed E-state index contributed by atoms with van der Waals surface area (Å²) in [5.41, 5.74) is 8.25. The van der Waals surface area contributed by atoms with Gasteiger partial charge in [0, 0.05) is 46.9 Å². The highest BCUT2D eigenvalue weighted by atomic mass is 16.2. The van der Waals surface area contributed by atoms with E-state index in [0.29, 0.717) is 24.9 Å². The number of benzene rings is 1. The Labute approximate surface area is 201 Å². The lowest BCUT2D eigenvalue weighted by molar-refractivity contribution is -0.121. The van der Waals surface area contributed by atoms with E-state index in [0.717, 1.165) is 42.6 Å². The minimum Gasteiger partial charge on any atom is -0.354 e. The van der Waals surface area contributed by atoms with Crippen LogP contribution in [0.1, 0.15) is 73.9 Å². The quantitative estimate of drug-likeness (QED) is 0.519. The maximum atomic E-state index is 12.4. The highest BCUT2D eigenvalue weighted by Crippen LogP contribution is 2.38. The van der Waals surface area contributed by atoms with E-state index in [4.69, 9.17) is 0 Å². The predicted octanol–water partition coefficient (Wildman–Crippen LogP) is 5.80. The average molecular weight is 459 g/mol. The summed E-state index contributed by atoms with van der Waals surface area (Å²) < 4.78 is 0. The summed E-state index contributed by atoms with van der Waals surface area (Å²) in [6, 6.07) is 10.9. The van der Waals surface area contributed by atoms with E-state index >= 15 is 0 Å². The lowest BCUT2D eigenvalue weighted by Gasteiger charge is -2.32. The van der Waals surface area contributed by atoms with Gasteiger partial charge in [0.15, 0.2) is 0 Å². The summed E-state index contributed by atoms with van der Waals surface area (Å²) >= 11 is 0. The molecule has 1 aromatic carbocycles. The first-order chi connectivity index (χ1) is 16.3. The van der Waals surface area contributed by atoms with Gasteiger partial charge in [-0.1, -0.05) is 19.9 Å². The summed E-state index contributed by atoms with van der Waals surface area (Å²) in [7, 11) is 0. The maximum absolute atomic E-state index is 12.4. The molecule has 0 atom stereocenters. The van der Waals surface area contributed by atoms with E-state index in [1.165, 1.54) is 27.8 Å². The minimum atomic E-state index is -0.230. The fourth-order valence-corrected chi connectivity index (χ4v) is 5.34. The zero-order valence-electron chi connectivity index (χ0n) is 20.6. The first-order valence-electron chi connectivity index (χ1n) is 12.5. The summed E-state index contributed by atoms with van der Waals surface area (Å²) in [5, 5.41) is 3.86. The molecule has 3 heterocycles. The molecule has 0 spiro atoms. The van der Waals surface area contributed by atoms with E-state index in [1.54, 1.807) is 4.90 Å². The number of aromatic amines is 1. The topological polar surface area (TPSA) is 78.1 Å². The smallest absolute Gasteiger partial charge is 0.324 e. The number of aryl methyl sites for hydroxylation is 2. The highest BCUT2D eigenvalue weighted by molar-refractivity contribution is 5.96. The molecule has 0 unspecified atom stereocenters. The van der Waals surface area contributed by atoms with Crippen LogP contribution in [0.25, 0.3) is 22.2 Å². The van der Waals surface area contributed by atoms with Crippen molar-refractivity contribution in [3.05, 3.63) is 52.8 Å². The van der Waals surface area contributed by atoms with Crippen molar-refractivity contribution in [3.63, 3.8) is 0 Å². The molecule has 2 N–H and O–H groups in total. The van der Waals surface area contributed by atoms with Crippen molar-refractivity contribution in [1.29, 1.82) is 0 Å². The molecule has 5 rings (SSSR count). The summed E-state index contributed by atoms with van der Waals surface area (Å²) in [6.07, 6.45) is 3.63. The van der Waals surface area contributed by atoms with Gasteiger partial charge >= 0.3 is 6.03 Å². The van der Waals surface area contributed by atoms with Crippen LogP contribution in [0, 0.1) is 19.8 Å². The number of fused-ring (bicyclic) bond motifs is 1. The number of nitrogens with zero attached hydrogens (tertiary/aromatic N) is 2. The molecule has 6 heteroatoms. The zero-order valence-corrected chi connectivity index (χ0v) is 20.6. The zero-order chi connectivity index (χ0) is 24.0. The van der Waals surface area contributed by atoms with E-state index in [9.17, 15) is 9.59 Å². The third-order valence-corrected chi connectivity index (χ3v) is 7.24. The van der Waals surface area contributed by atoms with Gasteiger partial charge in [0.1, 0.15) is 0 Å². The number of hydrogen-bond acceptors (Lipinski definition) is 3. The normalized spacial score (nSPS) is 16.9. The maximum Gasteiger partial charge on any atom is 0.324 e. The number of rotatable bonds is 4. The van der Waals surface area contributed by atoms with E-state index in [2.05, 4.69) is 59.5 Å². The van der Waals surface area contributed by atoms with Gasteiger partial charge in [-0.05, 0) is 86.8 Å². The van der Waals surface area contributed by atoms with Crippen molar-refractivity contribution in [2.75, 3.05) is 13.1 Å². The Hall–Kier alpha value is -3.15. The number of hydrogen-bond donors (Lipinski definition) is 2. The molecule has 2 aliphatic rings. The Kier molecular flexibility index (Phi) is 5.92. The van der Waals surface area contributed by atoms with Crippen molar-refractivity contribution < 1.29 is 9.59 Å². The van der Waals surface area contributed by atoms with Gasteiger partial charge < -0.3 is 9.88 Å². The molecule has 1 saturated heterocycles. The van der Waals surface area contributed by atoms with Gasteiger partial charge in [0.25, 0.3) is 0 Å². The molecular weight excluding hydrogens is 424 g/mol. The lowest BCUT2D eigenvalue weighted by Crippen LogP contribution is -2.46. The lowest BCUT2D eigenvalue weighted by atomic mass is 9.87. The molecule has 34 heavy (non-hydrogen) atoms. The largest absolute Gasteiger partial charge is 0.354 e. The monoisotopic (exact) mass is 458 g/mol. The number of nitrogens with one attached hydrogen (secondary N) is 2. The number of carbonyl (C=O) groups excluding carboxylic acids is 2. The van der Waals surface area contributed by atoms with Crippen molar-refractivity contribution in [3.8, 4) is 11.3 Å². The molecule has 1 saturated carbocycles. The predicted molar refractivity (Wildman–Crippen MR) is 135 cm³/mol. The number of amides is 3. The number of likely N-dealkylation sites (tertiary alicyclic amines) is 1. The SMILES string of the molecule is Cc1cc(-c2[nH]c3ccc(C4CCN(C(=O)NC(=O)C5CC5)CC4)cc3c2C(C)C)cc(C)n1. The second-order valence-corrected chi connectivity index (χ2v) is 10.3. The van der Waals surface area contributed by atoms with Crippen LogP contribution < -0.4 is 5.32 Å². The molecule has 1 aliphatic heterocycles. The summed E-state index contributed by atoms with van der Waals surface area (Å²) in [6.45, 7) is 9.94. The number of H-pyrrole nitrogens is 1. The van der Waals surface area contributed by atoms with E-state index in [-0.39, 0.29) is 17.9 Å². The molecule has 3 amide bonds. The van der Waals surface area contributed by atoms with Gasteiger partial charge in [-0.3, -0.25) is 15.1 Å². The van der Waals surface area contributed by atoms with Gasteiger partial charge in [-0.25, -0.2) is 4.79 Å². The van der Waals surface area contributed by atoms with Crippen LogP contribution in [0.15, 0.2) is 30.3 Å². The Bertz CT molecular complexity index is 1230. The third kappa shape index (κ3) is 4.46. The second-order valence-electron chi connectivity index (χ2n) is 10.3. The first kappa shape index (κ1) is 22.6. The van der Waals surface area contributed by atoms with E-state index in [1.807, 2.05) is 13.8 Å². The first-order valence-corrected chi connectivity index (χ1v) is 12.5. The number of aromatic nitrogens is 2. The molecule has 178 valence electrons. The van der Waals surface area contributed by atoms with Crippen molar-refractivity contribution in [2.45, 2.75) is 65.2 Å². The number of imide groups is 1. The molecule has 6 nitrogen and oxygen atoms in total. The van der Waals surface area contributed by atoms with Gasteiger partial charge in [-0.2, -0.15) is 0 Å². The van der Waals surface area contributed by atoms with Gasteiger partial charge in [0.2, 0.25) is 5.91 Å². The number of urea groups is 1. The Morgan fingerprint density at radius 3 is 2.32 bits per heavy atom. The second kappa shape index (κ2) is 8.90. The molecule has 0 radical (unpaired) electrons. The fourth-order valence-electron chi connectivity index (χ4n) is 5.34. The minimum absolute atomic E-state index is 0.0505. The van der Waals surface area contributed by atoms with Crippen LogP contribution in [-0.2, 0) is 4.79 Å². The van der Waals surface area contributed by atoms with Crippen LogP contribution in [0.3, 0.4) is 0 Å². The summed E-state index contributed by atoms with van der Waals surface area (Å²) in [5.74, 6) is 0.731. The molecule has 3 aromatic rings. The van der Waals surface area contributed by atoms with E-state index < -0.39 is 0 Å². The molecular formula is C28H34N4O2. The number of piperidine rings is 1. The summed E-state index contributed by atoms with van der Waals surface area (Å²) in [4.78, 5) is 34.4. The van der Waals surface area contributed by atoms with Crippen molar-refractivity contribution >= 4 is 22.8 Å². The van der Waals surface area contributed by atoms with Crippen LogP contribution in [0.4, 0.5) is 4.79 Å². The van der Waals surface area contributed by atoms with Gasteiger partial charge in [0.05, 0.1) is 5.69 Å². The van der Waals surface area contributed by atoms with Crippen LogP contribution in [0.2, 0.25) is 0 Å². The third-order valence-electron chi connectivity index (χ3n) is 7.24. The van der Waals surface area contributed by atoms with Crippen molar-refractivity contribution in [1.82, 2.24) is 20.2 Å². The molecule has 2 fully saturated rings. The van der Waals surface area contributed by atoms with Crippen LogP contribution >= 0.6 is 0 Å². The van der Waals surface area contributed by atoms with Crippen molar-refractivity contribution in [2.24, 2.45) is 5.92 Å². The standard InChI is InChI=1S/C28H34N4O2/c1-16(2)25-23-15-21(7-8-24(23)30-26(25)22-13-17(3)29-18(4)14-22)19-9-11-32(12-10-19)28(34)31-27(33)20-5-6-20/h7-8,13-16,19-20,30H,5-6,9-12H2,1-4H3,(H,31,33,34). The van der Waals surface area contributed by atoms with Gasteiger partial charge in [-0.15, -0.1) is 0 Å². The fraction of sp³-hybridized carbons (Fsp3) is 0.464. The Morgan fingerprint density at radius 2 is 1.71 bits per heavy atom. The Balaban J connectivity index is 1.37. The number of carbonyl (C=O) groups is 2. The molecule has 2 aromatic heterocycles. The molecule has 0 bridgehead atoms. The van der Waals surface area contributed by atoms with Crippen LogP contribution in [0.5, 0.6) is 0 Å². The molecule has 1 aliphatic carbocycles.